The van der Waals surface area contributed by atoms with Gasteiger partial charge in [-0.1, -0.05) is 152 Å². The molecule has 12 aromatic rings. The van der Waals surface area contributed by atoms with Crippen molar-refractivity contribution in [2.24, 2.45) is 0 Å². The number of fused-ring (bicyclic) bond motifs is 10. The Morgan fingerprint density at radius 1 is 0.345 bits per heavy atom. The van der Waals surface area contributed by atoms with E-state index in [0.717, 1.165) is 55.9 Å². The molecule has 0 aliphatic carbocycles. The molecule has 0 atom stereocenters. The zero-order valence-corrected chi connectivity index (χ0v) is 32.0. The summed E-state index contributed by atoms with van der Waals surface area (Å²) in [5.74, 6) is 0.651. The van der Waals surface area contributed by atoms with Gasteiger partial charge < -0.3 is 0 Å². The minimum Gasteiger partial charge on any atom is -0.278 e. The highest BCUT2D eigenvalue weighted by molar-refractivity contribution is 7.26. The van der Waals surface area contributed by atoms with E-state index in [2.05, 4.69) is 193 Å². The number of hydrogen-bond donors (Lipinski definition) is 0. The summed E-state index contributed by atoms with van der Waals surface area (Å²) < 4.78 is 4.75. The smallest absolute Gasteiger partial charge is 0.235 e. The standard InChI is InChI=1S/C53H32N4S/c1-3-13-34(14-4-1)44-32-45(56-53(55-44)57-46-21-11-8-17-38(46)39-18-9-12-22-47(39)57)35-25-23-33(24-26-35)37-27-29-48-42(31-37)51-49(58-48)30-28-41-50(51)40-19-7-10-20-43(40)54-52(41)36-15-5-2-6-16-36/h1-32H. The number of para-hydroxylation sites is 3. The molecular formula is C53H32N4S. The van der Waals surface area contributed by atoms with Crippen LogP contribution in [0.2, 0.25) is 0 Å². The Hall–Kier alpha value is -7.47. The van der Waals surface area contributed by atoms with E-state index in [4.69, 9.17) is 15.0 Å². The van der Waals surface area contributed by atoms with Crippen molar-refractivity contribution in [1.29, 1.82) is 0 Å². The highest BCUT2D eigenvalue weighted by Gasteiger charge is 2.19. The van der Waals surface area contributed by atoms with Gasteiger partial charge in [-0.3, -0.25) is 4.57 Å². The average molecular weight is 757 g/mol. The number of pyridine rings is 1. The molecule has 12 rings (SSSR count). The van der Waals surface area contributed by atoms with Gasteiger partial charge in [0.1, 0.15) is 0 Å². The van der Waals surface area contributed by atoms with E-state index in [1.165, 1.54) is 52.7 Å². The molecular weight excluding hydrogens is 725 g/mol. The van der Waals surface area contributed by atoms with Gasteiger partial charge in [0.05, 0.1) is 33.6 Å². The van der Waals surface area contributed by atoms with E-state index in [0.29, 0.717) is 5.95 Å². The van der Waals surface area contributed by atoms with Crippen LogP contribution in [0.1, 0.15) is 0 Å². The van der Waals surface area contributed by atoms with Crippen molar-refractivity contribution in [2.75, 3.05) is 0 Å². The topological polar surface area (TPSA) is 43.6 Å². The normalized spacial score (nSPS) is 11.8. The fraction of sp³-hybridized carbons (Fsp3) is 0. The van der Waals surface area contributed by atoms with E-state index in [1.807, 2.05) is 17.4 Å². The van der Waals surface area contributed by atoms with Crippen LogP contribution in [0.4, 0.5) is 0 Å². The van der Waals surface area contributed by atoms with E-state index in [1.54, 1.807) is 0 Å². The minimum atomic E-state index is 0.651. The molecule has 58 heavy (non-hydrogen) atoms. The largest absolute Gasteiger partial charge is 0.278 e. The van der Waals surface area contributed by atoms with Crippen LogP contribution < -0.4 is 0 Å². The first-order valence-electron chi connectivity index (χ1n) is 19.5. The number of benzene rings is 8. The molecule has 0 saturated carbocycles. The molecule has 0 fully saturated rings. The van der Waals surface area contributed by atoms with Crippen molar-refractivity contribution in [3.63, 3.8) is 0 Å². The summed E-state index contributed by atoms with van der Waals surface area (Å²) in [5, 5.41) is 8.53. The molecule has 0 bridgehead atoms. The number of nitrogens with zero attached hydrogens (tertiary/aromatic N) is 4. The SMILES string of the molecule is c1ccc(-c2cc(-c3ccc(-c4ccc5sc6ccc7c(-c8ccccc8)nc8ccccc8c7c6c5c4)cc3)nc(-n3c4ccccc4c4ccccc43)n2)cc1. The monoisotopic (exact) mass is 756 g/mol. The van der Waals surface area contributed by atoms with Crippen molar-refractivity contribution in [1.82, 2.24) is 19.5 Å². The molecule has 4 aromatic heterocycles. The van der Waals surface area contributed by atoms with Gasteiger partial charge in [-0.2, -0.15) is 0 Å². The minimum absolute atomic E-state index is 0.651. The Morgan fingerprint density at radius 3 is 1.60 bits per heavy atom. The van der Waals surface area contributed by atoms with Crippen LogP contribution in [0.25, 0.3) is 115 Å². The Labute approximate surface area is 338 Å². The summed E-state index contributed by atoms with van der Waals surface area (Å²) in [7, 11) is 0. The van der Waals surface area contributed by atoms with Gasteiger partial charge in [0.15, 0.2) is 0 Å². The zero-order valence-electron chi connectivity index (χ0n) is 31.2. The summed E-state index contributed by atoms with van der Waals surface area (Å²) in [6.07, 6.45) is 0. The van der Waals surface area contributed by atoms with Crippen LogP contribution in [-0.4, -0.2) is 19.5 Å². The van der Waals surface area contributed by atoms with E-state index >= 15 is 0 Å². The van der Waals surface area contributed by atoms with Crippen molar-refractivity contribution in [3.8, 4) is 50.8 Å². The lowest BCUT2D eigenvalue weighted by molar-refractivity contribution is 0.995. The molecule has 0 unspecified atom stereocenters. The fourth-order valence-electron chi connectivity index (χ4n) is 8.72. The second-order valence-corrected chi connectivity index (χ2v) is 15.9. The highest BCUT2D eigenvalue weighted by atomic mass is 32.1. The Balaban J connectivity index is 1.01. The van der Waals surface area contributed by atoms with Gasteiger partial charge >= 0.3 is 0 Å². The number of aromatic nitrogens is 4. The van der Waals surface area contributed by atoms with Gasteiger partial charge in [0, 0.05) is 63.8 Å². The second-order valence-electron chi connectivity index (χ2n) is 14.8. The van der Waals surface area contributed by atoms with Gasteiger partial charge in [0.25, 0.3) is 0 Å². The molecule has 8 aromatic carbocycles. The quantitative estimate of drug-likeness (QED) is 0.164. The maximum atomic E-state index is 5.27. The van der Waals surface area contributed by atoms with Crippen molar-refractivity contribution in [2.45, 2.75) is 0 Å². The Kier molecular flexibility index (Phi) is 7.37. The van der Waals surface area contributed by atoms with E-state index in [-0.39, 0.29) is 0 Å². The first-order chi connectivity index (χ1) is 28.7. The van der Waals surface area contributed by atoms with Crippen LogP contribution in [0.15, 0.2) is 194 Å². The summed E-state index contributed by atoms with van der Waals surface area (Å²) in [6, 6.07) is 68.9. The summed E-state index contributed by atoms with van der Waals surface area (Å²) >= 11 is 1.85. The van der Waals surface area contributed by atoms with Crippen molar-refractivity contribution < 1.29 is 0 Å². The van der Waals surface area contributed by atoms with Crippen LogP contribution >= 0.6 is 11.3 Å². The van der Waals surface area contributed by atoms with Gasteiger partial charge in [-0.15, -0.1) is 11.3 Å². The third-order valence-corrected chi connectivity index (χ3v) is 12.6. The average Bonchev–Trinajstić information content (AvgIpc) is 3.85. The maximum Gasteiger partial charge on any atom is 0.235 e. The first-order valence-corrected chi connectivity index (χ1v) is 20.3. The maximum absolute atomic E-state index is 5.27. The van der Waals surface area contributed by atoms with Crippen molar-refractivity contribution >= 4 is 75.0 Å². The zero-order chi connectivity index (χ0) is 38.2. The number of rotatable bonds is 5. The number of hydrogen-bond acceptors (Lipinski definition) is 4. The molecule has 0 aliphatic rings. The molecule has 0 amide bonds. The third kappa shape index (κ3) is 5.18. The van der Waals surface area contributed by atoms with Crippen LogP contribution in [-0.2, 0) is 0 Å². The van der Waals surface area contributed by atoms with E-state index in [9.17, 15) is 0 Å². The lowest BCUT2D eigenvalue weighted by Crippen LogP contribution is -2.03. The molecule has 4 nitrogen and oxygen atoms in total. The van der Waals surface area contributed by atoms with Gasteiger partial charge in [-0.25, -0.2) is 15.0 Å². The first kappa shape index (κ1) is 32.7. The highest BCUT2D eigenvalue weighted by Crippen LogP contribution is 2.44. The molecule has 5 heteroatoms. The van der Waals surface area contributed by atoms with Crippen LogP contribution in [0, 0.1) is 0 Å². The van der Waals surface area contributed by atoms with Crippen LogP contribution in [0.5, 0.6) is 0 Å². The lowest BCUT2D eigenvalue weighted by Gasteiger charge is -2.12. The van der Waals surface area contributed by atoms with Gasteiger partial charge in [0.2, 0.25) is 5.95 Å². The molecule has 0 spiro atoms. The predicted molar refractivity (Wildman–Crippen MR) is 244 cm³/mol. The lowest BCUT2D eigenvalue weighted by atomic mass is 9.95. The molecule has 0 saturated heterocycles. The molecule has 270 valence electrons. The predicted octanol–water partition coefficient (Wildman–Crippen LogP) is 14.3. The third-order valence-electron chi connectivity index (χ3n) is 11.4. The summed E-state index contributed by atoms with van der Waals surface area (Å²) in [4.78, 5) is 15.7. The molecule has 4 heterocycles. The summed E-state index contributed by atoms with van der Waals surface area (Å²) in [5.41, 5.74) is 11.5. The Morgan fingerprint density at radius 2 is 0.897 bits per heavy atom. The van der Waals surface area contributed by atoms with Crippen LogP contribution in [0.3, 0.4) is 0 Å². The Bertz CT molecular complexity index is 3500. The summed E-state index contributed by atoms with van der Waals surface area (Å²) in [6.45, 7) is 0. The second kappa shape index (κ2) is 13.1. The molecule has 0 N–H and O–H groups in total. The number of thiophene rings is 1. The fourth-order valence-corrected chi connectivity index (χ4v) is 9.81. The molecule has 0 radical (unpaired) electrons. The van der Waals surface area contributed by atoms with Gasteiger partial charge in [-0.05, 0) is 53.6 Å². The van der Waals surface area contributed by atoms with E-state index < -0.39 is 0 Å². The van der Waals surface area contributed by atoms with Crippen molar-refractivity contribution in [3.05, 3.63) is 194 Å². The molecule has 0 aliphatic heterocycles.